The highest BCUT2D eigenvalue weighted by atomic mass is 35.5. The maximum atomic E-state index is 13.8. The summed E-state index contributed by atoms with van der Waals surface area (Å²) in [4.78, 5) is 35.7. The lowest BCUT2D eigenvalue weighted by Crippen LogP contribution is -2.17. The molecule has 0 bridgehead atoms. The number of carbonyl (C=O) groups excluding carboxylic acids is 3. The van der Waals surface area contributed by atoms with Crippen molar-refractivity contribution in [3.8, 4) is 0 Å². The molecule has 1 amide bonds. The highest BCUT2D eigenvalue weighted by Gasteiger charge is 2.16. The number of methoxy groups -OCH3 is 2. The van der Waals surface area contributed by atoms with Crippen molar-refractivity contribution in [2.75, 3.05) is 19.5 Å². The van der Waals surface area contributed by atoms with E-state index < -0.39 is 23.7 Å². The molecule has 0 heterocycles. The van der Waals surface area contributed by atoms with Gasteiger partial charge in [0.1, 0.15) is 5.82 Å². The normalized spacial score (nSPS) is 10.2. The summed E-state index contributed by atoms with van der Waals surface area (Å²) in [5.41, 5.74) is 0.305. The zero-order chi connectivity index (χ0) is 19.3. The van der Waals surface area contributed by atoms with Crippen molar-refractivity contribution in [2.45, 2.75) is 6.42 Å². The van der Waals surface area contributed by atoms with Crippen LogP contribution < -0.4 is 5.32 Å². The number of halogens is 2. The lowest BCUT2D eigenvalue weighted by atomic mass is 10.1. The summed E-state index contributed by atoms with van der Waals surface area (Å²) in [6.07, 6.45) is -0.318. The largest absolute Gasteiger partial charge is 0.465 e. The molecule has 2 rings (SSSR count). The lowest BCUT2D eigenvalue weighted by molar-refractivity contribution is -0.115. The van der Waals surface area contributed by atoms with Crippen LogP contribution in [0.4, 0.5) is 10.1 Å². The van der Waals surface area contributed by atoms with E-state index in [1.54, 1.807) is 0 Å². The molecular formula is C18H15ClFNO5. The molecule has 0 aromatic heterocycles. The zero-order valence-corrected chi connectivity index (χ0v) is 14.7. The minimum Gasteiger partial charge on any atom is -0.465 e. The van der Waals surface area contributed by atoms with Crippen molar-refractivity contribution in [1.82, 2.24) is 0 Å². The Labute approximate surface area is 153 Å². The molecule has 6 nitrogen and oxygen atoms in total. The number of rotatable bonds is 5. The first kappa shape index (κ1) is 19.4. The number of carbonyl (C=O) groups is 3. The van der Waals surface area contributed by atoms with E-state index in [4.69, 9.17) is 11.6 Å². The van der Waals surface area contributed by atoms with Gasteiger partial charge in [-0.1, -0.05) is 17.7 Å². The summed E-state index contributed by atoms with van der Waals surface area (Å²) in [5.74, 6) is -2.56. The Morgan fingerprint density at radius 1 is 1.04 bits per heavy atom. The van der Waals surface area contributed by atoms with Crippen LogP contribution >= 0.6 is 11.6 Å². The Kier molecular flexibility index (Phi) is 6.30. The molecule has 2 aromatic rings. The third-order valence-electron chi connectivity index (χ3n) is 3.46. The number of nitrogens with one attached hydrogen (secondary N) is 1. The lowest BCUT2D eigenvalue weighted by Gasteiger charge is -2.10. The maximum absolute atomic E-state index is 13.8. The molecule has 136 valence electrons. The molecule has 1 N–H and O–H groups in total. The third kappa shape index (κ3) is 4.58. The number of anilines is 1. The second-order valence-corrected chi connectivity index (χ2v) is 5.61. The Balaban J connectivity index is 2.28. The van der Waals surface area contributed by atoms with E-state index in [1.807, 2.05) is 0 Å². The van der Waals surface area contributed by atoms with Crippen molar-refractivity contribution in [3.05, 3.63) is 63.9 Å². The number of amides is 1. The number of esters is 2. The molecule has 0 aliphatic heterocycles. The Morgan fingerprint density at radius 2 is 1.62 bits per heavy atom. The van der Waals surface area contributed by atoms with E-state index in [2.05, 4.69) is 14.8 Å². The van der Waals surface area contributed by atoms with Gasteiger partial charge in [-0.25, -0.2) is 14.0 Å². The molecule has 0 unspecified atom stereocenters. The molecule has 0 saturated heterocycles. The Hall–Kier alpha value is -2.93. The highest BCUT2D eigenvalue weighted by molar-refractivity contribution is 6.31. The van der Waals surface area contributed by atoms with Crippen LogP contribution in [0, 0.1) is 5.82 Å². The second kappa shape index (κ2) is 8.44. The van der Waals surface area contributed by atoms with Gasteiger partial charge >= 0.3 is 11.9 Å². The Bertz CT molecular complexity index is 814. The second-order valence-electron chi connectivity index (χ2n) is 5.21. The predicted molar refractivity (Wildman–Crippen MR) is 92.9 cm³/mol. The van der Waals surface area contributed by atoms with Gasteiger partial charge in [0, 0.05) is 16.3 Å². The van der Waals surface area contributed by atoms with E-state index in [-0.39, 0.29) is 33.8 Å². The fraction of sp³-hybridized carbons (Fsp3) is 0.167. The monoisotopic (exact) mass is 379 g/mol. The molecule has 26 heavy (non-hydrogen) atoms. The summed E-state index contributed by atoms with van der Waals surface area (Å²) in [5, 5.41) is 2.63. The minimum absolute atomic E-state index is 0.0454. The molecule has 0 radical (unpaired) electrons. The van der Waals surface area contributed by atoms with Gasteiger partial charge in [-0.3, -0.25) is 4.79 Å². The molecule has 0 atom stereocenters. The Morgan fingerprint density at radius 3 is 2.12 bits per heavy atom. The average Bonchev–Trinajstić information content (AvgIpc) is 2.63. The van der Waals surface area contributed by atoms with Gasteiger partial charge in [0.05, 0.1) is 31.8 Å². The van der Waals surface area contributed by atoms with Crippen LogP contribution in [0.2, 0.25) is 5.02 Å². The molecular weight excluding hydrogens is 365 g/mol. The fourth-order valence-corrected chi connectivity index (χ4v) is 2.47. The van der Waals surface area contributed by atoms with Crippen LogP contribution in [0.15, 0.2) is 36.4 Å². The van der Waals surface area contributed by atoms with E-state index in [0.717, 1.165) is 0 Å². The predicted octanol–water partition coefficient (Wildman–Crippen LogP) is 3.23. The number of hydrogen-bond acceptors (Lipinski definition) is 5. The third-order valence-corrected chi connectivity index (χ3v) is 3.81. The highest BCUT2D eigenvalue weighted by Crippen LogP contribution is 2.21. The first-order valence-corrected chi connectivity index (χ1v) is 7.78. The summed E-state index contributed by atoms with van der Waals surface area (Å²) in [7, 11) is 2.37. The van der Waals surface area contributed by atoms with E-state index in [1.165, 1.54) is 50.6 Å². The van der Waals surface area contributed by atoms with Crippen molar-refractivity contribution < 1.29 is 28.2 Å². The van der Waals surface area contributed by atoms with E-state index in [0.29, 0.717) is 0 Å². The van der Waals surface area contributed by atoms with Gasteiger partial charge in [-0.2, -0.15) is 0 Å². The number of benzene rings is 2. The van der Waals surface area contributed by atoms with E-state index >= 15 is 0 Å². The fourth-order valence-electron chi connectivity index (χ4n) is 2.24. The summed E-state index contributed by atoms with van der Waals surface area (Å²) < 4.78 is 23.0. The minimum atomic E-state index is -0.691. The van der Waals surface area contributed by atoms with Crippen LogP contribution in [0.25, 0.3) is 0 Å². The van der Waals surface area contributed by atoms with Gasteiger partial charge in [0.25, 0.3) is 0 Å². The first-order valence-electron chi connectivity index (χ1n) is 7.40. The number of ether oxygens (including phenoxy) is 2. The number of hydrogen-bond donors (Lipinski definition) is 1. The molecule has 0 fully saturated rings. The van der Waals surface area contributed by atoms with Crippen molar-refractivity contribution in [3.63, 3.8) is 0 Å². The van der Waals surface area contributed by atoms with Gasteiger partial charge in [0.2, 0.25) is 5.91 Å². The molecule has 8 heteroatoms. The van der Waals surface area contributed by atoms with E-state index in [9.17, 15) is 18.8 Å². The van der Waals surface area contributed by atoms with Crippen LogP contribution in [0.5, 0.6) is 0 Å². The first-order chi connectivity index (χ1) is 12.3. The topological polar surface area (TPSA) is 81.7 Å². The van der Waals surface area contributed by atoms with Gasteiger partial charge in [-0.05, 0) is 30.3 Å². The molecule has 2 aromatic carbocycles. The SMILES string of the molecule is COC(=O)c1cc(NC(=O)Cc2c(F)cccc2Cl)cc(C(=O)OC)c1. The van der Waals surface area contributed by atoms with Crippen LogP contribution in [0.1, 0.15) is 26.3 Å². The maximum Gasteiger partial charge on any atom is 0.337 e. The summed E-state index contributed by atoms with van der Waals surface area (Å²) in [6, 6.07) is 8.04. The average molecular weight is 380 g/mol. The van der Waals surface area contributed by atoms with Crippen molar-refractivity contribution >= 4 is 35.1 Å². The summed E-state index contributed by atoms with van der Waals surface area (Å²) in [6.45, 7) is 0. The van der Waals surface area contributed by atoms with Gasteiger partial charge in [-0.15, -0.1) is 0 Å². The summed E-state index contributed by atoms with van der Waals surface area (Å²) >= 11 is 5.91. The molecule has 0 spiro atoms. The van der Waals surface area contributed by atoms with Gasteiger partial charge in [0.15, 0.2) is 0 Å². The van der Waals surface area contributed by atoms with Gasteiger partial charge < -0.3 is 14.8 Å². The quantitative estimate of drug-likeness (QED) is 0.806. The zero-order valence-electron chi connectivity index (χ0n) is 14.0. The molecule has 0 saturated carbocycles. The van der Waals surface area contributed by atoms with Crippen molar-refractivity contribution in [1.29, 1.82) is 0 Å². The van der Waals surface area contributed by atoms with Crippen LogP contribution in [-0.4, -0.2) is 32.1 Å². The van der Waals surface area contributed by atoms with Crippen LogP contribution in [-0.2, 0) is 20.7 Å². The molecule has 0 aliphatic carbocycles. The smallest absolute Gasteiger partial charge is 0.337 e. The molecule has 0 aliphatic rings. The van der Waals surface area contributed by atoms with Crippen LogP contribution in [0.3, 0.4) is 0 Å². The standard InChI is InChI=1S/C18H15ClFNO5/c1-25-17(23)10-6-11(18(24)26-2)8-12(7-10)21-16(22)9-13-14(19)4-3-5-15(13)20/h3-8H,9H2,1-2H3,(H,21,22). The van der Waals surface area contributed by atoms with Crippen molar-refractivity contribution in [2.24, 2.45) is 0 Å².